The predicted molar refractivity (Wildman–Crippen MR) is 118 cm³/mol. The highest BCUT2D eigenvalue weighted by Crippen LogP contribution is 2.19. The summed E-state index contributed by atoms with van der Waals surface area (Å²) in [6.07, 6.45) is 0.446. The van der Waals surface area contributed by atoms with Crippen molar-refractivity contribution in [3.05, 3.63) is 74.1 Å². The fourth-order valence-electron chi connectivity index (χ4n) is 2.91. The van der Waals surface area contributed by atoms with E-state index in [0.717, 1.165) is 22.7 Å². The first-order valence-corrected chi connectivity index (χ1v) is 11.0. The fourth-order valence-corrected chi connectivity index (χ4v) is 4.65. The molecule has 1 N–H and O–H groups in total. The first-order valence-electron chi connectivity index (χ1n) is 9.18. The number of rotatable bonds is 9. The van der Waals surface area contributed by atoms with Crippen molar-refractivity contribution >= 4 is 39.2 Å². The molecule has 8 heteroatoms. The number of thioether (sulfide) groups is 1. The number of nitrogens with zero attached hydrogens (tertiary/aromatic N) is 1. The standard InChI is InChI=1S/C21H21NO5S2/c1-2-28-18(20(24)25)13-14-7-9-15(10-8-14)27-12-11-22-19(23)16-5-3-4-6-17(16)29-21(22)26/h3-10,18H,2,11-13H2,1H3,(H,24,25). The number of carboxylic acid groups (broad SMARTS) is 1. The van der Waals surface area contributed by atoms with Crippen LogP contribution in [0.1, 0.15) is 12.5 Å². The molecule has 2 aromatic carbocycles. The number of carbonyl (C=O) groups is 1. The summed E-state index contributed by atoms with van der Waals surface area (Å²) in [6, 6.07) is 14.3. The van der Waals surface area contributed by atoms with Crippen molar-refractivity contribution < 1.29 is 14.6 Å². The van der Waals surface area contributed by atoms with Crippen LogP contribution in [0.5, 0.6) is 5.75 Å². The van der Waals surface area contributed by atoms with E-state index in [-0.39, 0.29) is 23.6 Å². The van der Waals surface area contributed by atoms with Gasteiger partial charge in [0.1, 0.15) is 17.6 Å². The largest absolute Gasteiger partial charge is 0.492 e. The third-order valence-corrected chi connectivity index (χ3v) is 6.43. The van der Waals surface area contributed by atoms with Crippen LogP contribution in [0.4, 0.5) is 0 Å². The molecule has 6 nitrogen and oxygen atoms in total. The zero-order chi connectivity index (χ0) is 20.8. The second-order valence-electron chi connectivity index (χ2n) is 6.30. The van der Waals surface area contributed by atoms with Gasteiger partial charge in [0.2, 0.25) is 0 Å². The maximum Gasteiger partial charge on any atom is 0.316 e. The Balaban J connectivity index is 1.63. The quantitative estimate of drug-likeness (QED) is 0.560. The van der Waals surface area contributed by atoms with Crippen LogP contribution < -0.4 is 15.2 Å². The average Bonchev–Trinajstić information content (AvgIpc) is 2.71. The molecule has 1 aromatic heterocycles. The highest BCUT2D eigenvalue weighted by molar-refractivity contribution is 8.00. The second-order valence-corrected chi connectivity index (χ2v) is 8.77. The molecule has 152 valence electrons. The molecule has 0 saturated heterocycles. The molecule has 3 aromatic rings. The fraction of sp³-hybridized carbons (Fsp3) is 0.286. The van der Waals surface area contributed by atoms with Crippen LogP contribution >= 0.6 is 23.1 Å². The van der Waals surface area contributed by atoms with Gasteiger partial charge in [-0.1, -0.05) is 42.5 Å². The normalized spacial score (nSPS) is 12.0. The van der Waals surface area contributed by atoms with E-state index in [4.69, 9.17) is 4.74 Å². The Morgan fingerprint density at radius 1 is 1.17 bits per heavy atom. The summed E-state index contributed by atoms with van der Waals surface area (Å²) in [7, 11) is 0. The smallest absolute Gasteiger partial charge is 0.316 e. The first kappa shape index (κ1) is 21.1. The molecule has 29 heavy (non-hydrogen) atoms. The number of hydrogen-bond acceptors (Lipinski definition) is 6. The molecule has 0 fully saturated rings. The van der Waals surface area contributed by atoms with Crippen molar-refractivity contribution in [3.63, 3.8) is 0 Å². The Morgan fingerprint density at radius 3 is 2.59 bits per heavy atom. The SMILES string of the molecule is CCSC(Cc1ccc(OCCn2c(=O)sc3ccccc3c2=O)cc1)C(=O)O. The lowest BCUT2D eigenvalue weighted by molar-refractivity contribution is -0.136. The lowest BCUT2D eigenvalue weighted by atomic mass is 10.1. The molecular weight excluding hydrogens is 410 g/mol. The number of ether oxygens (including phenoxy) is 1. The van der Waals surface area contributed by atoms with E-state index in [0.29, 0.717) is 22.3 Å². The van der Waals surface area contributed by atoms with Crippen LogP contribution in [-0.2, 0) is 17.8 Å². The van der Waals surface area contributed by atoms with E-state index in [9.17, 15) is 19.5 Å². The van der Waals surface area contributed by atoms with Gasteiger partial charge in [-0.25, -0.2) is 0 Å². The summed E-state index contributed by atoms with van der Waals surface area (Å²) in [6.45, 7) is 2.28. The Kier molecular flexibility index (Phi) is 7.11. The maximum atomic E-state index is 12.5. The van der Waals surface area contributed by atoms with E-state index in [2.05, 4.69) is 0 Å². The summed E-state index contributed by atoms with van der Waals surface area (Å²) < 4.78 is 7.54. The van der Waals surface area contributed by atoms with Gasteiger partial charge in [0.05, 0.1) is 11.9 Å². The van der Waals surface area contributed by atoms with E-state index >= 15 is 0 Å². The van der Waals surface area contributed by atoms with Crippen LogP contribution in [0.15, 0.2) is 58.1 Å². The molecule has 0 aliphatic heterocycles. The predicted octanol–water partition coefficient (Wildman–Crippen LogP) is 3.25. The van der Waals surface area contributed by atoms with E-state index in [1.807, 2.05) is 19.1 Å². The van der Waals surface area contributed by atoms with Crippen molar-refractivity contribution in [2.45, 2.75) is 25.1 Å². The van der Waals surface area contributed by atoms with Gasteiger partial charge in [0.25, 0.3) is 5.56 Å². The van der Waals surface area contributed by atoms with Gasteiger partial charge >= 0.3 is 10.8 Å². The second kappa shape index (κ2) is 9.76. The first-order chi connectivity index (χ1) is 14.0. The molecule has 1 heterocycles. The van der Waals surface area contributed by atoms with E-state index in [1.165, 1.54) is 16.3 Å². The maximum absolute atomic E-state index is 12.5. The van der Waals surface area contributed by atoms with E-state index < -0.39 is 11.2 Å². The van der Waals surface area contributed by atoms with Crippen LogP contribution in [0.2, 0.25) is 0 Å². The lowest BCUT2D eigenvalue weighted by Gasteiger charge is -2.12. The molecule has 1 unspecified atom stereocenters. The molecule has 0 radical (unpaired) electrons. The van der Waals surface area contributed by atoms with Gasteiger partial charge < -0.3 is 9.84 Å². The molecule has 0 bridgehead atoms. The number of aliphatic carboxylic acids is 1. The molecule has 0 aliphatic rings. The van der Waals surface area contributed by atoms with Gasteiger partial charge in [0.15, 0.2) is 0 Å². The van der Waals surface area contributed by atoms with Crippen molar-refractivity contribution in [2.75, 3.05) is 12.4 Å². The average molecular weight is 432 g/mol. The van der Waals surface area contributed by atoms with E-state index in [1.54, 1.807) is 36.4 Å². The van der Waals surface area contributed by atoms with Crippen molar-refractivity contribution in [1.29, 1.82) is 0 Å². The van der Waals surface area contributed by atoms with Crippen LogP contribution in [0.3, 0.4) is 0 Å². The summed E-state index contributed by atoms with van der Waals surface area (Å²) >= 11 is 2.45. The number of benzene rings is 2. The van der Waals surface area contributed by atoms with Crippen LogP contribution in [0.25, 0.3) is 10.1 Å². The molecule has 3 rings (SSSR count). The molecule has 1 atom stereocenters. The van der Waals surface area contributed by atoms with Gasteiger partial charge in [-0.15, -0.1) is 11.8 Å². The number of hydrogen-bond donors (Lipinski definition) is 1. The molecule has 0 spiro atoms. The Morgan fingerprint density at radius 2 is 1.90 bits per heavy atom. The van der Waals surface area contributed by atoms with Crippen molar-refractivity contribution in [2.24, 2.45) is 0 Å². The minimum atomic E-state index is -0.813. The summed E-state index contributed by atoms with van der Waals surface area (Å²) in [5.74, 6) is 0.538. The molecular formula is C21H21NO5S2. The lowest BCUT2D eigenvalue weighted by Crippen LogP contribution is -2.32. The minimum absolute atomic E-state index is 0.162. The van der Waals surface area contributed by atoms with Crippen LogP contribution in [-0.4, -0.2) is 33.3 Å². The van der Waals surface area contributed by atoms with Gasteiger partial charge in [-0.05, 0) is 42.0 Å². The number of carboxylic acids is 1. The molecule has 0 aliphatic carbocycles. The Labute approximate surface area is 175 Å². The Bertz CT molecular complexity index is 1100. The van der Waals surface area contributed by atoms with Crippen molar-refractivity contribution in [3.8, 4) is 5.75 Å². The highest BCUT2D eigenvalue weighted by Gasteiger charge is 2.17. The number of aromatic nitrogens is 1. The molecule has 0 saturated carbocycles. The van der Waals surface area contributed by atoms with Crippen molar-refractivity contribution in [1.82, 2.24) is 4.57 Å². The zero-order valence-electron chi connectivity index (χ0n) is 15.9. The summed E-state index contributed by atoms with van der Waals surface area (Å²) in [5.41, 5.74) is 0.608. The summed E-state index contributed by atoms with van der Waals surface area (Å²) in [5, 5.41) is 9.32. The monoisotopic (exact) mass is 431 g/mol. The Hall–Kier alpha value is -2.58. The minimum Gasteiger partial charge on any atom is -0.492 e. The third kappa shape index (κ3) is 5.27. The third-order valence-electron chi connectivity index (χ3n) is 4.35. The topological polar surface area (TPSA) is 85.6 Å². The van der Waals surface area contributed by atoms with Crippen LogP contribution in [0, 0.1) is 0 Å². The van der Waals surface area contributed by atoms with Gasteiger partial charge in [-0.2, -0.15) is 0 Å². The van der Waals surface area contributed by atoms with Gasteiger partial charge in [0, 0.05) is 4.70 Å². The number of fused-ring (bicyclic) bond motifs is 1. The molecule has 0 amide bonds. The van der Waals surface area contributed by atoms with Gasteiger partial charge in [-0.3, -0.25) is 19.0 Å². The zero-order valence-corrected chi connectivity index (χ0v) is 17.5. The highest BCUT2D eigenvalue weighted by atomic mass is 32.2. The summed E-state index contributed by atoms with van der Waals surface area (Å²) in [4.78, 5) is 35.7.